The van der Waals surface area contributed by atoms with Crippen molar-refractivity contribution in [1.82, 2.24) is 5.16 Å². The molecule has 0 saturated heterocycles. The van der Waals surface area contributed by atoms with Gasteiger partial charge < -0.3 is 4.52 Å². The summed E-state index contributed by atoms with van der Waals surface area (Å²) in [5.74, 6) is 1.10. The standard InChI is InChI=1S/C15H17NO/c1-2-11-7-9-12(10-8-11)15-13-5-3-4-6-14(13)17-16-15/h7-10H,2-6H2,1H3. The van der Waals surface area contributed by atoms with Crippen molar-refractivity contribution in [2.45, 2.75) is 39.0 Å². The number of aryl methyl sites for hydroxylation is 2. The molecule has 0 aliphatic heterocycles. The first-order valence-corrected chi connectivity index (χ1v) is 6.45. The van der Waals surface area contributed by atoms with Crippen molar-refractivity contribution in [3.63, 3.8) is 0 Å². The summed E-state index contributed by atoms with van der Waals surface area (Å²) in [6, 6.07) is 8.68. The Morgan fingerprint density at radius 1 is 1.12 bits per heavy atom. The summed E-state index contributed by atoms with van der Waals surface area (Å²) in [5, 5.41) is 4.25. The van der Waals surface area contributed by atoms with Crippen molar-refractivity contribution in [1.29, 1.82) is 0 Å². The second-order valence-electron chi connectivity index (χ2n) is 4.69. The number of benzene rings is 1. The van der Waals surface area contributed by atoms with E-state index < -0.39 is 0 Å². The molecular formula is C15H17NO. The fourth-order valence-corrected chi connectivity index (χ4v) is 2.51. The van der Waals surface area contributed by atoms with Crippen molar-refractivity contribution in [3.05, 3.63) is 41.2 Å². The van der Waals surface area contributed by atoms with E-state index in [0.29, 0.717) is 0 Å². The molecule has 0 fully saturated rings. The first kappa shape index (κ1) is 10.6. The Balaban J connectivity index is 2.00. The highest BCUT2D eigenvalue weighted by Crippen LogP contribution is 2.31. The van der Waals surface area contributed by atoms with Gasteiger partial charge in [-0.2, -0.15) is 0 Å². The topological polar surface area (TPSA) is 26.0 Å². The van der Waals surface area contributed by atoms with Gasteiger partial charge in [-0.1, -0.05) is 36.3 Å². The Morgan fingerprint density at radius 2 is 1.88 bits per heavy atom. The first-order valence-electron chi connectivity index (χ1n) is 6.45. The van der Waals surface area contributed by atoms with Crippen LogP contribution in [0, 0.1) is 0 Å². The summed E-state index contributed by atoms with van der Waals surface area (Å²) in [6.45, 7) is 2.17. The fourth-order valence-electron chi connectivity index (χ4n) is 2.51. The van der Waals surface area contributed by atoms with E-state index in [1.54, 1.807) is 0 Å². The van der Waals surface area contributed by atoms with Gasteiger partial charge in [0, 0.05) is 17.5 Å². The van der Waals surface area contributed by atoms with Crippen molar-refractivity contribution >= 4 is 0 Å². The molecule has 1 heterocycles. The highest BCUT2D eigenvalue weighted by Gasteiger charge is 2.19. The molecule has 0 radical (unpaired) electrons. The molecule has 0 saturated carbocycles. The van der Waals surface area contributed by atoms with Gasteiger partial charge in [-0.15, -0.1) is 0 Å². The molecule has 0 unspecified atom stereocenters. The lowest BCUT2D eigenvalue weighted by atomic mass is 9.94. The second-order valence-corrected chi connectivity index (χ2v) is 4.69. The van der Waals surface area contributed by atoms with Crippen LogP contribution in [0.3, 0.4) is 0 Å². The Hall–Kier alpha value is -1.57. The molecule has 0 N–H and O–H groups in total. The zero-order valence-electron chi connectivity index (χ0n) is 10.2. The molecule has 1 aromatic heterocycles. The van der Waals surface area contributed by atoms with Gasteiger partial charge in [0.05, 0.1) is 0 Å². The van der Waals surface area contributed by atoms with Crippen molar-refractivity contribution in [2.24, 2.45) is 0 Å². The molecule has 1 aliphatic rings. The van der Waals surface area contributed by atoms with E-state index >= 15 is 0 Å². The molecule has 1 aliphatic carbocycles. The number of aromatic nitrogens is 1. The van der Waals surface area contributed by atoms with Gasteiger partial charge in [0.25, 0.3) is 0 Å². The van der Waals surface area contributed by atoms with Gasteiger partial charge >= 0.3 is 0 Å². The van der Waals surface area contributed by atoms with E-state index in [1.807, 2.05) is 0 Å². The lowest BCUT2D eigenvalue weighted by Gasteiger charge is -2.09. The third kappa shape index (κ3) is 1.88. The van der Waals surface area contributed by atoms with Crippen LogP contribution >= 0.6 is 0 Å². The Kier molecular flexibility index (Phi) is 2.71. The number of hydrogen-bond donors (Lipinski definition) is 0. The van der Waals surface area contributed by atoms with Gasteiger partial charge in [-0.05, 0) is 31.2 Å². The van der Waals surface area contributed by atoms with E-state index in [2.05, 4.69) is 36.3 Å². The zero-order chi connectivity index (χ0) is 11.7. The Morgan fingerprint density at radius 3 is 2.65 bits per heavy atom. The maximum absolute atomic E-state index is 5.45. The maximum Gasteiger partial charge on any atom is 0.140 e. The highest BCUT2D eigenvalue weighted by molar-refractivity contribution is 5.64. The Bertz CT molecular complexity index is 510. The third-order valence-corrected chi connectivity index (χ3v) is 3.59. The summed E-state index contributed by atoms with van der Waals surface area (Å²) < 4.78 is 5.45. The van der Waals surface area contributed by atoms with E-state index in [1.165, 1.54) is 29.5 Å². The van der Waals surface area contributed by atoms with Gasteiger partial charge in [-0.3, -0.25) is 0 Å². The van der Waals surface area contributed by atoms with E-state index in [0.717, 1.165) is 30.7 Å². The van der Waals surface area contributed by atoms with Crippen LogP contribution in [0.1, 0.15) is 36.7 Å². The SMILES string of the molecule is CCc1ccc(-c2noc3c2CCCC3)cc1. The quantitative estimate of drug-likeness (QED) is 0.780. The summed E-state index contributed by atoms with van der Waals surface area (Å²) in [4.78, 5) is 0. The molecule has 17 heavy (non-hydrogen) atoms. The van der Waals surface area contributed by atoms with E-state index in [-0.39, 0.29) is 0 Å². The molecule has 2 nitrogen and oxygen atoms in total. The monoisotopic (exact) mass is 227 g/mol. The van der Waals surface area contributed by atoms with Gasteiger partial charge in [0.15, 0.2) is 0 Å². The van der Waals surface area contributed by atoms with Crippen LogP contribution < -0.4 is 0 Å². The van der Waals surface area contributed by atoms with Crippen molar-refractivity contribution in [2.75, 3.05) is 0 Å². The summed E-state index contributed by atoms with van der Waals surface area (Å²) in [6.07, 6.45) is 5.74. The molecule has 0 bridgehead atoms. The van der Waals surface area contributed by atoms with Crippen molar-refractivity contribution < 1.29 is 4.52 Å². The van der Waals surface area contributed by atoms with Gasteiger partial charge in [0.1, 0.15) is 11.5 Å². The smallest absolute Gasteiger partial charge is 0.140 e. The van der Waals surface area contributed by atoms with Crippen LogP contribution in [-0.4, -0.2) is 5.16 Å². The van der Waals surface area contributed by atoms with E-state index in [9.17, 15) is 0 Å². The minimum absolute atomic E-state index is 1.05. The summed E-state index contributed by atoms with van der Waals surface area (Å²) in [5.41, 5.74) is 4.95. The number of hydrogen-bond acceptors (Lipinski definition) is 2. The highest BCUT2D eigenvalue weighted by atomic mass is 16.5. The molecule has 0 amide bonds. The average Bonchev–Trinajstić information content (AvgIpc) is 2.83. The van der Waals surface area contributed by atoms with Gasteiger partial charge in [-0.25, -0.2) is 0 Å². The fraction of sp³-hybridized carbons (Fsp3) is 0.400. The molecule has 1 aromatic carbocycles. The molecule has 0 atom stereocenters. The largest absolute Gasteiger partial charge is 0.360 e. The summed E-state index contributed by atoms with van der Waals surface area (Å²) in [7, 11) is 0. The van der Waals surface area contributed by atoms with Crippen LogP contribution in [0.15, 0.2) is 28.8 Å². The third-order valence-electron chi connectivity index (χ3n) is 3.59. The van der Waals surface area contributed by atoms with Crippen molar-refractivity contribution in [3.8, 4) is 11.3 Å². The first-order chi connectivity index (χ1) is 8.38. The predicted octanol–water partition coefficient (Wildman–Crippen LogP) is 3.78. The number of fused-ring (bicyclic) bond motifs is 1. The predicted molar refractivity (Wildman–Crippen MR) is 68.0 cm³/mol. The molecule has 3 rings (SSSR count). The molecule has 2 aromatic rings. The van der Waals surface area contributed by atoms with E-state index in [4.69, 9.17) is 4.52 Å². The van der Waals surface area contributed by atoms with Crippen LogP contribution in [0.4, 0.5) is 0 Å². The lowest BCUT2D eigenvalue weighted by Crippen LogP contribution is -2.00. The maximum atomic E-state index is 5.45. The van der Waals surface area contributed by atoms with Crippen LogP contribution in [-0.2, 0) is 19.3 Å². The number of nitrogens with zero attached hydrogens (tertiary/aromatic N) is 1. The Labute approximate surface area is 102 Å². The minimum Gasteiger partial charge on any atom is -0.360 e. The minimum atomic E-state index is 1.05. The number of rotatable bonds is 2. The molecule has 2 heteroatoms. The second kappa shape index (κ2) is 4.36. The molecular weight excluding hydrogens is 210 g/mol. The van der Waals surface area contributed by atoms with Crippen LogP contribution in [0.2, 0.25) is 0 Å². The molecule has 0 spiro atoms. The summed E-state index contributed by atoms with van der Waals surface area (Å²) >= 11 is 0. The zero-order valence-corrected chi connectivity index (χ0v) is 10.2. The van der Waals surface area contributed by atoms with Crippen LogP contribution in [0.25, 0.3) is 11.3 Å². The lowest BCUT2D eigenvalue weighted by molar-refractivity contribution is 0.374. The molecule has 88 valence electrons. The van der Waals surface area contributed by atoms with Crippen LogP contribution in [0.5, 0.6) is 0 Å². The normalized spacial score (nSPS) is 14.6. The van der Waals surface area contributed by atoms with Gasteiger partial charge in [0.2, 0.25) is 0 Å². The average molecular weight is 227 g/mol.